The van der Waals surface area contributed by atoms with Crippen LogP contribution in [0.4, 0.5) is 5.69 Å². The highest BCUT2D eigenvalue weighted by atomic mass is 32.2. The highest BCUT2D eigenvalue weighted by Gasteiger charge is 2.34. The Hall–Kier alpha value is -4.05. The Kier molecular flexibility index (Phi) is 9.72. The summed E-state index contributed by atoms with van der Waals surface area (Å²) in [5, 5.41) is 2.74. The van der Waals surface area contributed by atoms with Crippen LogP contribution in [-0.2, 0) is 26.2 Å². The summed E-state index contributed by atoms with van der Waals surface area (Å²) in [5.74, 6) is -0.270. The number of sulfonamides is 1. The summed E-state index contributed by atoms with van der Waals surface area (Å²) in [7, 11) is -1.34. The molecule has 0 radical (unpaired) electrons. The molecule has 9 nitrogen and oxygen atoms in total. The van der Waals surface area contributed by atoms with Crippen molar-refractivity contribution >= 4 is 27.5 Å². The topological polar surface area (TPSA) is 105 Å². The zero-order chi connectivity index (χ0) is 27.7. The minimum Gasteiger partial charge on any atom is -0.497 e. The summed E-state index contributed by atoms with van der Waals surface area (Å²) in [5.41, 5.74) is 0.933. The van der Waals surface area contributed by atoms with Crippen molar-refractivity contribution in [2.45, 2.75) is 31.3 Å². The molecule has 10 heteroatoms. The molecule has 0 heterocycles. The van der Waals surface area contributed by atoms with Gasteiger partial charge in [0.25, 0.3) is 10.0 Å². The second kappa shape index (κ2) is 13.0. The third-order valence-corrected chi connectivity index (χ3v) is 7.75. The molecule has 0 aromatic heterocycles. The number of amides is 2. The van der Waals surface area contributed by atoms with E-state index in [2.05, 4.69) is 5.32 Å². The average molecular weight is 540 g/mol. The quantitative estimate of drug-likeness (QED) is 0.378. The molecule has 0 saturated carbocycles. The molecule has 1 N–H and O–H groups in total. The number of nitrogens with zero attached hydrogens (tertiary/aromatic N) is 2. The first-order valence-electron chi connectivity index (χ1n) is 12.1. The number of hydrogen-bond acceptors (Lipinski definition) is 6. The van der Waals surface area contributed by atoms with Gasteiger partial charge in [0.1, 0.15) is 24.1 Å². The van der Waals surface area contributed by atoms with Crippen LogP contribution in [0.1, 0.15) is 19.4 Å². The van der Waals surface area contributed by atoms with Gasteiger partial charge in [-0.15, -0.1) is 0 Å². The monoisotopic (exact) mass is 539 g/mol. The van der Waals surface area contributed by atoms with Crippen LogP contribution in [0.25, 0.3) is 0 Å². The van der Waals surface area contributed by atoms with Crippen molar-refractivity contribution in [3.63, 3.8) is 0 Å². The SMILES string of the molecule is CCNC(=O)[C@@H](C)N(Cc1ccccc1)C(=O)CN(c1cc(OC)ccc1OC)S(=O)(=O)c1ccccc1. The van der Waals surface area contributed by atoms with Crippen molar-refractivity contribution in [2.24, 2.45) is 0 Å². The van der Waals surface area contributed by atoms with Crippen LogP contribution in [0.3, 0.4) is 0 Å². The van der Waals surface area contributed by atoms with Gasteiger partial charge in [0.2, 0.25) is 11.8 Å². The van der Waals surface area contributed by atoms with Crippen molar-refractivity contribution in [3.8, 4) is 11.5 Å². The highest BCUT2D eigenvalue weighted by molar-refractivity contribution is 7.92. The molecular weight excluding hydrogens is 506 g/mol. The first kappa shape index (κ1) is 28.5. The van der Waals surface area contributed by atoms with Gasteiger partial charge in [-0.05, 0) is 43.7 Å². The third-order valence-electron chi connectivity index (χ3n) is 5.98. The number of anilines is 1. The lowest BCUT2D eigenvalue weighted by Crippen LogP contribution is -2.51. The predicted molar refractivity (Wildman–Crippen MR) is 146 cm³/mol. The zero-order valence-corrected chi connectivity index (χ0v) is 22.8. The second-order valence-corrected chi connectivity index (χ2v) is 10.3. The molecule has 38 heavy (non-hydrogen) atoms. The second-order valence-electron chi connectivity index (χ2n) is 8.44. The molecule has 0 aliphatic carbocycles. The molecule has 2 amide bonds. The van der Waals surface area contributed by atoms with Crippen molar-refractivity contribution in [1.82, 2.24) is 10.2 Å². The van der Waals surface area contributed by atoms with Crippen LogP contribution in [0, 0.1) is 0 Å². The molecule has 202 valence electrons. The lowest BCUT2D eigenvalue weighted by atomic mass is 10.1. The molecule has 3 aromatic carbocycles. The number of carbonyl (C=O) groups excluding carboxylic acids is 2. The van der Waals surface area contributed by atoms with Gasteiger partial charge in [-0.25, -0.2) is 8.42 Å². The summed E-state index contributed by atoms with van der Waals surface area (Å²) in [6, 6.07) is 20.9. The lowest BCUT2D eigenvalue weighted by molar-refractivity contribution is -0.139. The summed E-state index contributed by atoms with van der Waals surface area (Å²) in [4.78, 5) is 28.0. The van der Waals surface area contributed by atoms with E-state index in [9.17, 15) is 18.0 Å². The maximum Gasteiger partial charge on any atom is 0.264 e. The standard InChI is InChI=1S/C28H33N3O6S/c1-5-29-28(33)21(2)30(19-22-12-8-6-9-13-22)27(32)20-31(38(34,35)24-14-10-7-11-15-24)25-18-23(36-3)16-17-26(25)37-4/h6-18,21H,5,19-20H2,1-4H3,(H,29,33)/t21-/m1/s1. The van der Waals surface area contributed by atoms with E-state index in [0.717, 1.165) is 9.87 Å². The van der Waals surface area contributed by atoms with E-state index >= 15 is 0 Å². The van der Waals surface area contributed by atoms with E-state index in [1.54, 1.807) is 44.2 Å². The van der Waals surface area contributed by atoms with Gasteiger partial charge < -0.3 is 19.7 Å². The number of nitrogens with one attached hydrogen (secondary N) is 1. The van der Waals surface area contributed by atoms with Crippen LogP contribution in [0.2, 0.25) is 0 Å². The molecule has 0 fully saturated rings. The van der Waals surface area contributed by atoms with Gasteiger partial charge >= 0.3 is 0 Å². The van der Waals surface area contributed by atoms with E-state index < -0.39 is 28.5 Å². The molecule has 0 unspecified atom stereocenters. The Morgan fingerprint density at radius 1 is 0.921 bits per heavy atom. The number of benzene rings is 3. The van der Waals surface area contributed by atoms with Crippen molar-refractivity contribution < 1.29 is 27.5 Å². The number of rotatable bonds is 12. The van der Waals surface area contributed by atoms with Gasteiger partial charge in [-0.1, -0.05) is 48.5 Å². The lowest BCUT2D eigenvalue weighted by Gasteiger charge is -2.32. The highest BCUT2D eigenvalue weighted by Crippen LogP contribution is 2.35. The molecular formula is C28H33N3O6S. The van der Waals surface area contributed by atoms with E-state index in [0.29, 0.717) is 12.3 Å². The molecule has 0 bridgehead atoms. The number of methoxy groups -OCH3 is 2. The van der Waals surface area contributed by atoms with E-state index in [-0.39, 0.29) is 28.8 Å². The Balaban J connectivity index is 2.10. The van der Waals surface area contributed by atoms with Crippen molar-refractivity contribution in [2.75, 3.05) is 31.6 Å². The fraction of sp³-hybridized carbons (Fsp3) is 0.286. The molecule has 0 aliphatic rings. The van der Waals surface area contributed by atoms with Gasteiger partial charge in [0, 0.05) is 19.2 Å². The Labute approximate surface area is 224 Å². The minimum atomic E-state index is -4.22. The predicted octanol–water partition coefficient (Wildman–Crippen LogP) is 3.45. The van der Waals surface area contributed by atoms with Crippen molar-refractivity contribution in [3.05, 3.63) is 84.4 Å². The van der Waals surface area contributed by atoms with Crippen LogP contribution in [-0.4, -0.2) is 58.5 Å². The molecule has 3 rings (SSSR count). The maximum absolute atomic E-state index is 13.9. The van der Waals surface area contributed by atoms with Gasteiger partial charge in [-0.3, -0.25) is 13.9 Å². The van der Waals surface area contributed by atoms with Gasteiger partial charge in [-0.2, -0.15) is 0 Å². The number of carbonyl (C=O) groups is 2. The number of ether oxygens (including phenoxy) is 2. The zero-order valence-electron chi connectivity index (χ0n) is 22.0. The Morgan fingerprint density at radius 2 is 1.55 bits per heavy atom. The van der Waals surface area contributed by atoms with Crippen LogP contribution >= 0.6 is 0 Å². The molecule has 3 aromatic rings. The first-order valence-corrected chi connectivity index (χ1v) is 13.6. The molecule has 0 spiro atoms. The molecule has 0 aliphatic heterocycles. The van der Waals surface area contributed by atoms with Gasteiger partial charge in [0.05, 0.1) is 24.8 Å². The van der Waals surface area contributed by atoms with E-state index in [4.69, 9.17) is 9.47 Å². The number of likely N-dealkylation sites (N-methyl/N-ethyl adjacent to an activating group) is 1. The van der Waals surface area contributed by atoms with Crippen LogP contribution in [0.5, 0.6) is 11.5 Å². The van der Waals surface area contributed by atoms with Gasteiger partial charge in [0.15, 0.2) is 0 Å². The Morgan fingerprint density at radius 3 is 2.13 bits per heavy atom. The van der Waals surface area contributed by atoms with E-state index in [1.165, 1.54) is 37.3 Å². The minimum absolute atomic E-state index is 0.00376. The summed E-state index contributed by atoms with van der Waals surface area (Å²) >= 11 is 0. The smallest absolute Gasteiger partial charge is 0.264 e. The van der Waals surface area contributed by atoms with Crippen molar-refractivity contribution in [1.29, 1.82) is 0 Å². The number of hydrogen-bond donors (Lipinski definition) is 1. The summed E-state index contributed by atoms with van der Waals surface area (Å²) in [6.07, 6.45) is 0. The summed E-state index contributed by atoms with van der Waals surface area (Å²) < 4.78 is 39.6. The normalized spacial score (nSPS) is 11.8. The largest absolute Gasteiger partial charge is 0.497 e. The third kappa shape index (κ3) is 6.63. The molecule has 1 atom stereocenters. The summed E-state index contributed by atoms with van der Waals surface area (Å²) in [6.45, 7) is 3.35. The average Bonchev–Trinajstić information content (AvgIpc) is 2.94. The fourth-order valence-electron chi connectivity index (χ4n) is 3.91. The Bertz CT molecular complexity index is 1330. The first-order chi connectivity index (χ1) is 18.2. The van der Waals surface area contributed by atoms with Crippen LogP contribution in [0.15, 0.2) is 83.8 Å². The molecule has 0 saturated heterocycles. The van der Waals surface area contributed by atoms with Crippen LogP contribution < -0.4 is 19.1 Å². The fourth-order valence-corrected chi connectivity index (χ4v) is 5.35. The maximum atomic E-state index is 13.9. The van der Waals surface area contributed by atoms with E-state index in [1.807, 2.05) is 30.3 Å².